The summed E-state index contributed by atoms with van der Waals surface area (Å²) in [5, 5.41) is 3.08. The first-order valence-electron chi connectivity index (χ1n) is 5.32. The molecule has 3 heteroatoms. The van der Waals surface area contributed by atoms with Crippen LogP contribution in [0.4, 0.5) is 0 Å². The summed E-state index contributed by atoms with van der Waals surface area (Å²) in [6.45, 7) is 0.996. The van der Waals surface area contributed by atoms with E-state index in [1.165, 1.54) is 25.7 Å². The normalized spacial score (nSPS) is 20.7. The van der Waals surface area contributed by atoms with Crippen molar-refractivity contribution in [2.24, 2.45) is 5.92 Å². The van der Waals surface area contributed by atoms with E-state index in [4.69, 9.17) is 0 Å². The molecule has 1 atom stereocenters. The molecule has 0 aromatic heterocycles. The van der Waals surface area contributed by atoms with Crippen LogP contribution in [0.15, 0.2) is 0 Å². The molecule has 0 heterocycles. The minimum atomic E-state index is -0.551. The molecule has 0 aliphatic heterocycles. The summed E-state index contributed by atoms with van der Waals surface area (Å²) in [6.07, 6.45) is 6.40. The van der Waals surface area contributed by atoms with Gasteiger partial charge in [-0.3, -0.25) is 4.21 Å². The molecule has 0 radical (unpaired) electrons. The fourth-order valence-electron chi connectivity index (χ4n) is 1.93. The van der Waals surface area contributed by atoms with Crippen molar-refractivity contribution in [3.63, 3.8) is 0 Å². The van der Waals surface area contributed by atoms with Gasteiger partial charge in [0, 0.05) is 22.3 Å². The lowest BCUT2D eigenvalue weighted by molar-refractivity contribution is 0.603. The Morgan fingerprint density at radius 2 is 2.08 bits per heavy atom. The summed E-state index contributed by atoms with van der Waals surface area (Å²) in [4.78, 5) is 0. The van der Waals surface area contributed by atoms with Crippen LogP contribution in [0, 0.1) is 5.92 Å². The van der Waals surface area contributed by atoms with E-state index >= 15 is 0 Å². The SMILES string of the molecule is CNCCCS(=O)CC1CCCC1. The third kappa shape index (κ3) is 4.77. The van der Waals surface area contributed by atoms with Crippen molar-refractivity contribution in [2.45, 2.75) is 32.1 Å². The van der Waals surface area contributed by atoms with Gasteiger partial charge in [-0.2, -0.15) is 0 Å². The van der Waals surface area contributed by atoms with Crippen LogP contribution in [-0.4, -0.2) is 29.3 Å². The van der Waals surface area contributed by atoms with Crippen LogP contribution in [-0.2, 0) is 10.8 Å². The third-order valence-corrected chi connectivity index (χ3v) is 4.28. The average Bonchev–Trinajstić information content (AvgIpc) is 2.57. The maximum absolute atomic E-state index is 11.6. The van der Waals surface area contributed by atoms with Gasteiger partial charge in [0.1, 0.15) is 0 Å². The molecule has 0 bridgehead atoms. The van der Waals surface area contributed by atoms with Crippen LogP contribution in [0.25, 0.3) is 0 Å². The second kappa shape index (κ2) is 6.55. The molecule has 1 fully saturated rings. The third-order valence-electron chi connectivity index (χ3n) is 2.70. The Morgan fingerprint density at radius 1 is 1.38 bits per heavy atom. The van der Waals surface area contributed by atoms with E-state index in [2.05, 4.69) is 5.32 Å². The van der Waals surface area contributed by atoms with E-state index in [-0.39, 0.29) is 0 Å². The zero-order valence-corrected chi connectivity index (χ0v) is 9.37. The molecule has 13 heavy (non-hydrogen) atoms. The Hall–Kier alpha value is 0.110. The smallest absolute Gasteiger partial charge is 0.0263 e. The average molecular weight is 203 g/mol. The van der Waals surface area contributed by atoms with Gasteiger partial charge in [0.25, 0.3) is 0 Å². The van der Waals surface area contributed by atoms with Gasteiger partial charge in [0.2, 0.25) is 0 Å². The van der Waals surface area contributed by atoms with Gasteiger partial charge in [0.15, 0.2) is 0 Å². The quantitative estimate of drug-likeness (QED) is 0.663. The van der Waals surface area contributed by atoms with E-state index in [1.54, 1.807) is 0 Å². The van der Waals surface area contributed by atoms with Gasteiger partial charge in [-0.1, -0.05) is 12.8 Å². The largest absolute Gasteiger partial charge is 0.320 e. The molecule has 0 amide bonds. The van der Waals surface area contributed by atoms with E-state index in [1.807, 2.05) is 7.05 Å². The highest BCUT2D eigenvalue weighted by Crippen LogP contribution is 2.25. The number of nitrogens with one attached hydrogen (secondary N) is 1. The van der Waals surface area contributed by atoms with Crippen molar-refractivity contribution in [3.05, 3.63) is 0 Å². The minimum absolute atomic E-state index is 0.551. The van der Waals surface area contributed by atoms with Crippen LogP contribution in [0.2, 0.25) is 0 Å². The van der Waals surface area contributed by atoms with Crippen molar-refractivity contribution in [1.82, 2.24) is 5.32 Å². The molecular weight excluding hydrogens is 182 g/mol. The Labute approximate surface area is 83.9 Å². The Bertz CT molecular complexity index is 155. The molecule has 2 nitrogen and oxygen atoms in total. The summed E-state index contributed by atoms with van der Waals surface area (Å²) in [5.74, 6) is 2.62. The summed E-state index contributed by atoms with van der Waals surface area (Å²) in [6, 6.07) is 0. The monoisotopic (exact) mass is 203 g/mol. The van der Waals surface area contributed by atoms with Crippen molar-refractivity contribution in [3.8, 4) is 0 Å². The van der Waals surface area contributed by atoms with E-state index in [9.17, 15) is 4.21 Å². The van der Waals surface area contributed by atoms with Gasteiger partial charge in [-0.05, 0) is 38.8 Å². The molecule has 1 unspecified atom stereocenters. The summed E-state index contributed by atoms with van der Waals surface area (Å²) >= 11 is 0. The highest BCUT2D eigenvalue weighted by atomic mass is 32.2. The van der Waals surface area contributed by atoms with E-state index in [0.717, 1.165) is 30.4 Å². The van der Waals surface area contributed by atoms with Gasteiger partial charge in [-0.25, -0.2) is 0 Å². The molecule has 1 saturated carbocycles. The zero-order valence-electron chi connectivity index (χ0n) is 8.55. The lowest BCUT2D eigenvalue weighted by Gasteiger charge is -2.07. The maximum Gasteiger partial charge on any atom is 0.0263 e. The number of hydrogen-bond donors (Lipinski definition) is 1. The first kappa shape index (κ1) is 11.2. The van der Waals surface area contributed by atoms with E-state index < -0.39 is 10.8 Å². The van der Waals surface area contributed by atoms with Crippen molar-refractivity contribution in [1.29, 1.82) is 0 Å². The molecule has 0 aromatic rings. The lowest BCUT2D eigenvalue weighted by Crippen LogP contribution is -2.15. The number of hydrogen-bond acceptors (Lipinski definition) is 2. The Kier molecular flexibility index (Phi) is 5.63. The molecule has 1 rings (SSSR count). The highest BCUT2D eigenvalue weighted by Gasteiger charge is 2.17. The van der Waals surface area contributed by atoms with Crippen molar-refractivity contribution >= 4 is 10.8 Å². The van der Waals surface area contributed by atoms with Crippen molar-refractivity contribution in [2.75, 3.05) is 25.1 Å². The summed E-state index contributed by atoms with van der Waals surface area (Å²) < 4.78 is 11.6. The van der Waals surface area contributed by atoms with Gasteiger partial charge < -0.3 is 5.32 Å². The Morgan fingerprint density at radius 3 is 2.69 bits per heavy atom. The second-order valence-corrected chi connectivity index (χ2v) is 5.54. The maximum atomic E-state index is 11.6. The van der Waals surface area contributed by atoms with Crippen molar-refractivity contribution < 1.29 is 4.21 Å². The summed E-state index contributed by atoms with van der Waals surface area (Å²) in [5.41, 5.74) is 0. The fraction of sp³-hybridized carbons (Fsp3) is 1.00. The van der Waals surface area contributed by atoms with Crippen LogP contribution in [0.1, 0.15) is 32.1 Å². The van der Waals surface area contributed by atoms with Crippen LogP contribution in [0.5, 0.6) is 0 Å². The summed E-state index contributed by atoms with van der Waals surface area (Å²) in [7, 11) is 1.39. The lowest BCUT2D eigenvalue weighted by atomic mass is 10.1. The molecule has 78 valence electrons. The number of rotatable bonds is 6. The van der Waals surface area contributed by atoms with Gasteiger partial charge >= 0.3 is 0 Å². The molecular formula is C10H21NOS. The first-order chi connectivity index (χ1) is 6.33. The van der Waals surface area contributed by atoms with Crippen LogP contribution >= 0.6 is 0 Å². The predicted molar refractivity (Wildman–Crippen MR) is 58.4 cm³/mol. The fourth-order valence-corrected chi connectivity index (χ4v) is 3.43. The molecule has 0 spiro atoms. The zero-order chi connectivity index (χ0) is 9.52. The molecule has 0 saturated heterocycles. The first-order valence-corrected chi connectivity index (χ1v) is 6.81. The Balaban J connectivity index is 2.02. The minimum Gasteiger partial charge on any atom is -0.320 e. The molecule has 1 aliphatic carbocycles. The van der Waals surface area contributed by atoms with E-state index in [0.29, 0.717) is 0 Å². The van der Waals surface area contributed by atoms with Gasteiger partial charge in [-0.15, -0.1) is 0 Å². The molecule has 1 aliphatic rings. The van der Waals surface area contributed by atoms with Crippen LogP contribution in [0.3, 0.4) is 0 Å². The molecule has 0 aromatic carbocycles. The topological polar surface area (TPSA) is 29.1 Å². The predicted octanol–water partition coefficient (Wildman–Crippen LogP) is 1.53. The molecule has 1 N–H and O–H groups in total. The second-order valence-electron chi connectivity index (χ2n) is 3.92. The standard InChI is InChI=1S/C10H21NOS/c1-11-7-4-8-13(12)9-10-5-2-3-6-10/h10-11H,2-9H2,1H3. The van der Waals surface area contributed by atoms with Crippen LogP contribution < -0.4 is 5.32 Å². The van der Waals surface area contributed by atoms with Gasteiger partial charge in [0.05, 0.1) is 0 Å². The highest BCUT2D eigenvalue weighted by molar-refractivity contribution is 7.84.